The maximum Gasteiger partial charge on any atom is 0.248 e. The van der Waals surface area contributed by atoms with Crippen molar-refractivity contribution in [2.45, 2.75) is 13.8 Å². The van der Waals surface area contributed by atoms with Crippen LogP contribution in [-0.4, -0.2) is 11.8 Å². The Morgan fingerprint density at radius 3 is 2.50 bits per heavy atom. The zero-order valence-electron chi connectivity index (χ0n) is 12.6. The van der Waals surface area contributed by atoms with Crippen molar-refractivity contribution in [1.29, 1.82) is 0 Å². The minimum atomic E-state index is -0.173. The molecule has 2 aromatic rings. The second kappa shape index (κ2) is 7.22. The Hall–Kier alpha value is -2.88. The van der Waals surface area contributed by atoms with Gasteiger partial charge in [-0.15, -0.1) is 0 Å². The number of benzene rings is 2. The van der Waals surface area contributed by atoms with Gasteiger partial charge in [-0.1, -0.05) is 36.4 Å². The van der Waals surface area contributed by atoms with Crippen LogP contribution in [-0.2, 0) is 9.59 Å². The third-order valence-corrected chi connectivity index (χ3v) is 3.00. The highest BCUT2D eigenvalue weighted by atomic mass is 16.2. The molecule has 2 N–H and O–H groups in total. The molecule has 0 fully saturated rings. The Kier molecular flexibility index (Phi) is 5.09. The maximum atomic E-state index is 11.8. The predicted octanol–water partition coefficient (Wildman–Crippen LogP) is 3.83. The average molecular weight is 294 g/mol. The van der Waals surface area contributed by atoms with Crippen LogP contribution < -0.4 is 10.6 Å². The molecule has 0 unspecified atom stereocenters. The molecule has 4 heteroatoms. The van der Waals surface area contributed by atoms with Crippen molar-refractivity contribution in [1.82, 2.24) is 0 Å². The van der Waals surface area contributed by atoms with Crippen molar-refractivity contribution in [3.05, 3.63) is 60.7 Å². The second-order valence-electron chi connectivity index (χ2n) is 4.80. The van der Waals surface area contributed by atoms with Crippen LogP contribution in [0.25, 0.3) is 11.1 Å². The lowest BCUT2D eigenvalue weighted by molar-refractivity contribution is -0.114. The third kappa shape index (κ3) is 4.06. The molecule has 0 bridgehead atoms. The zero-order valence-corrected chi connectivity index (χ0v) is 12.6. The summed E-state index contributed by atoms with van der Waals surface area (Å²) in [7, 11) is 0. The van der Waals surface area contributed by atoms with Crippen molar-refractivity contribution in [2.24, 2.45) is 0 Å². The molecule has 0 radical (unpaired) electrons. The molecular weight excluding hydrogens is 276 g/mol. The average Bonchev–Trinajstić information content (AvgIpc) is 2.47. The van der Waals surface area contributed by atoms with Crippen LogP contribution in [0.4, 0.5) is 11.4 Å². The van der Waals surface area contributed by atoms with Gasteiger partial charge in [-0.3, -0.25) is 9.59 Å². The Bertz CT molecular complexity index is 721. The molecule has 4 nitrogen and oxygen atoms in total. The molecule has 0 aliphatic carbocycles. The van der Waals surface area contributed by atoms with Crippen molar-refractivity contribution in [2.75, 3.05) is 10.6 Å². The number of para-hydroxylation sites is 1. The van der Waals surface area contributed by atoms with E-state index in [1.54, 1.807) is 13.0 Å². The Morgan fingerprint density at radius 1 is 1.00 bits per heavy atom. The summed E-state index contributed by atoms with van der Waals surface area (Å²) < 4.78 is 0. The van der Waals surface area contributed by atoms with Crippen molar-refractivity contribution in [3.8, 4) is 11.1 Å². The van der Waals surface area contributed by atoms with E-state index >= 15 is 0 Å². The number of amides is 2. The fraction of sp³-hybridized carbons (Fsp3) is 0.111. The first-order valence-electron chi connectivity index (χ1n) is 7.01. The Labute approximate surface area is 129 Å². The van der Waals surface area contributed by atoms with Gasteiger partial charge >= 0.3 is 0 Å². The second-order valence-corrected chi connectivity index (χ2v) is 4.80. The van der Waals surface area contributed by atoms with Gasteiger partial charge in [0.05, 0.1) is 0 Å². The van der Waals surface area contributed by atoms with Crippen LogP contribution in [0.1, 0.15) is 13.8 Å². The molecule has 0 aliphatic rings. The van der Waals surface area contributed by atoms with E-state index in [1.807, 2.05) is 48.5 Å². The summed E-state index contributed by atoms with van der Waals surface area (Å²) >= 11 is 0. The fourth-order valence-corrected chi connectivity index (χ4v) is 2.14. The molecule has 0 heterocycles. The quantitative estimate of drug-likeness (QED) is 0.842. The van der Waals surface area contributed by atoms with Crippen LogP contribution in [0.5, 0.6) is 0 Å². The number of rotatable bonds is 4. The van der Waals surface area contributed by atoms with Gasteiger partial charge in [0.1, 0.15) is 0 Å². The maximum absolute atomic E-state index is 11.8. The molecule has 0 aliphatic heterocycles. The highest BCUT2D eigenvalue weighted by Crippen LogP contribution is 2.29. The van der Waals surface area contributed by atoms with E-state index < -0.39 is 0 Å². The van der Waals surface area contributed by atoms with Gasteiger partial charge in [0, 0.05) is 23.9 Å². The molecule has 0 atom stereocenters. The summed E-state index contributed by atoms with van der Waals surface area (Å²) in [5.74, 6) is -0.292. The molecular formula is C18H18N2O2. The smallest absolute Gasteiger partial charge is 0.248 e. The number of hydrogen-bond donors (Lipinski definition) is 2. The van der Waals surface area contributed by atoms with Gasteiger partial charge < -0.3 is 10.6 Å². The van der Waals surface area contributed by atoms with E-state index in [1.165, 1.54) is 13.0 Å². The van der Waals surface area contributed by atoms with Crippen LogP contribution in [0.2, 0.25) is 0 Å². The zero-order chi connectivity index (χ0) is 15.9. The topological polar surface area (TPSA) is 58.2 Å². The number of carbonyl (C=O) groups excluding carboxylic acids is 2. The molecule has 0 aromatic heterocycles. The summed E-state index contributed by atoms with van der Waals surface area (Å²) in [5, 5.41) is 5.62. The van der Waals surface area contributed by atoms with Crippen LogP contribution in [0, 0.1) is 0 Å². The van der Waals surface area contributed by atoms with Gasteiger partial charge in [0.15, 0.2) is 0 Å². The predicted molar refractivity (Wildman–Crippen MR) is 89.6 cm³/mol. The normalized spacial score (nSPS) is 10.5. The van der Waals surface area contributed by atoms with Crippen LogP contribution >= 0.6 is 0 Å². The molecule has 22 heavy (non-hydrogen) atoms. The third-order valence-electron chi connectivity index (χ3n) is 3.00. The first-order chi connectivity index (χ1) is 10.6. The molecule has 0 saturated carbocycles. The molecule has 2 amide bonds. The van der Waals surface area contributed by atoms with Crippen molar-refractivity contribution in [3.63, 3.8) is 0 Å². The molecule has 0 spiro atoms. The fourth-order valence-electron chi connectivity index (χ4n) is 2.14. The number of anilines is 2. The Balaban J connectivity index is 2.36. The molecule has 2 rings (SSSR count). The summed E-state index contributed by atoms with van der Waals surface area (Å²) in [6.07, 6.45) is 3.17. The van der Waals surface area contributed by atoms with Gasteiger partial charge in [-0.2, -0.15) is 0 Å². The Morgan fingerprint density at radius 2 is 1.77 bits per heavy atom. The highest BCUT2D eigenvalue weighted by Gasteiger charge is 2.07. The minimum Gasteiger partial charge on any atom is -0.326 e. The number of allylic oxidation sites excluding steroid dienone is 1. The van der Waals surface area contributed by atoms with Crippen LogP contribution in [0.15, 0.2) is 60.7 Å². The van der Waals surface area contributed by atoms with E-state index in [4.69, 9.17) is 0 Å². The summed E-state index contributed by atoms with van der Waals surface area (Å²) in [6, 6.07) is 15.1. The lowest BCUT2D eigenvalue weighted by Gasteiger charge is -2.11. The number of hydrogen-bond acceptors (Lipinski definition) is 2. The number of nitrogens with one attached hydrogen (secondary N) is 2. The SMILES string of the molecule is CC=CC(=O)Nc1ccccc1-c1cccc(NC(C)=O)c1. The van der Waals surface area contributed by atoms with E-state index in [0.29, 0.717) is 0 Å². The monoisotopic (exact) mass is 294 g/mol. The van der Waals surface area contributed by atoms with Crippen molar-refractivity contribution >= 4 is 23.2 Å². The first-order valence-corrected chi connectivity index (χ1v) is 7.01. The van der Waals surface area contributed by atoms with Crippen molar-refractivity contribution < 1.29 is 9.59 Å². The number of carbonyl (C=O) groups is 2. The lowest BCUT2D eigenvalue weighted by Crippen LogP contribution is -2.09. The standard InChI is InChI=1S/C18H18N2O2/c1-3-7-18(22)20-17-11-5-4-10-16(17)14-8-6-9-15(12-14)19-13(2)21/h3-12H,1-2H3,(H,19,21)(H,20,22). The minimum absolute atomic E-state index is 0.119. The summed E-state index contributed by atoms with van der Waals surface area (Å²) in [5.41, 5.74) is 3.26. The van der Waals surface area contributed by atoms with Crippen LogP contribution in [0.3, 0.4) is 0 Å². The van der Waals surface area contributed by atoms with Gasteiger partial charge in [0.2, 0.25) is 11.8 Å². The van der Waals surface area contributed by atoms with E-state index in [2.05, 4.69) is 10.6 Å². The van der Waals surface area contributed by atoms with Gasteiger partial charge in [-0.05, 0) is 36.8 Å². The molecule has 112 valence electrons. The summed E-state index contributed by atoms with van der Waals surface area (Å²) in [4.78, 5) is 22.9. The van der Waals surface area contributed by atoms with Gasteiger partial charge in [0.25, 0.3) is 0 Å². The largest absolute Gasteiger partial charge is 0.326 e. The highest BCUT2D eigenvalue weighted by molar-refractivity contribution is 6.02. The van der Waals surface area contributed by atoms with E-state index in [9.17, 15) is 9.59 Å². The van der Waals surface area contributed by atoms with E-state index in [-0.39, 0.29) is 11.8 Å². The van der Waals surface area contributed by atoms with Gasteiger partial charge in [-0.25, -0.2) is 0 Å². The molecule has 0 saturated heterocycles. The first kappa shape index (κ1) is 15.5. The summed E-state index contributed by atoms with van der Waals surface area (Å²) in [6.45, 7) is 3.26. The van der Waals surface area contributed by atoms with E-state index in [0.717, 1.165) is 22.5 Å². The lowest BCUT2D eigenvalue weighted by atomic mass is 10.0. The molecule has 2 aromatic carbocycles.